The van der Waals surface area contributed by atoms with Crippen molar-refractivity contribution in [3.63, 3.8) is 0 Å². The first-order valence-corrected chi connectivity index (χ1v) is 7.34. The molecule has 0 aromatic carbocycles. The number of allylic oxidation sites excluding steroid dienone is 5. The molecule has 98 valence electrons. The van der Waals surface area contributed by atoms with Crippen molar-refractivity contribution in [2.24, 2.45) is 0 Å². The van der Waals surface area contributed by atoms with Gasteiger partial charge in [0.1, 0.15) is 0 Å². The highest BCUT2D eigenvalue weighted by molar-refractivity contribution is 5.02. The monoisotopic (exact) mass is 234 g/mol. The second-order valence-corrected chi connectivity index (χ2v) is 4.63. The van der Waals surface area contributed by atoms with Gasteiger partial charge in [0, 0.05) is 0 Å². The van der Waals surface area contributed by atoms with Gasteiger partial charge in [0.05, 0.1) is 0 Å². The lowest BCUT2D eigenvalue weighted by molar-refractivity contribution is 0.600. The first-order valence-electron chi connectivity index (χ1n) is 7.34. The summed E-state index contributed by atoms with van der Waals surface area (Å²) in [6.45, 7) is 5.95. The molecule has 0 saturated heterocycles. The molecular formula is C17H30. The number of rotatable bonds is 12. The Morgan fingerprint density at radius 1 is 0.706 bits per heavy atom. The van der Waals surface area contributed by atoms with Crippen molar-refractivity contribution in [1.82, 2.24) is 0 Å². The number of hydrogen-bond donors (Lipinski definition) is 0. The van der Waals surface area contributed by atoms with Gasteiger partial charge in [-0.2, -0.15) is 0 Å². The molecule has 0 amide bonds. The molecule has 0 aromatic rings. The van der Waals surface area contributed by atoms with E-state index < -0.39 is 0 Å². The molecule has 0 N–H and O–H groups in total. The Morgan fingerprint density at radius 3 is 1.82 bits per heavy atom. The molecule has 0 heterocycles. The van der Waals surface area contributed by atoms with E-state index in [1.54, 1.807) is 0 Å². The zero-order valence-corrected chi connectivity index (χ0v) is 11.7. The highest BCUT2D eigenvalue weighted by Gasteiger charge is 1.89. The van der Waals surface area contributed by atoms with E-state index in [-0.39, 0.29) is 0 Å². The summed E-state index contributed by atoms with van der Waals surface area (Å²) in [6, 6.07) is 0. The van der Waals surface area contributed by atoms with Gasteiger partial charge in [0.15, 0.2) is 0 Å². The molecule has 0 nitrogen and oxygen atoms in total. The fourth-order valence-electron chi connectivity index (χ4n) is 1.77. The number of unbranched alkanes of at least 4 members (excludes halogenated alkanes) is 8. The molecule has 0 fully saturated rings. The quantitative estimate of drug-likeness (QED) is 0.214. The highest BCUT2D eigenvalue weighted by Crippen LogP contribution is 2.08. The van der Waals surface area contributed by atoms with Crippen LogP contribution in [0.3, 0.4) is 0 Å². The first kappa shape index (κ1) is 16.2. The molecule has 0 heteroatoms. The third kappa shape index (κ3) is 15.2. The fourth-order valence-corrected chi connectivity index (χ4v) is 1.77. The van der Waals surface area contributed by atoms with Crippen LogP contribution in [0, 0.1) is 0 Å². The third-order valence-electron chi connectivity index (χ3n) is 2.87. The molecular weight excluding hydrogens is 204 g/mol. The van der Waals surface area contributed by atoms with Gasteiger partial charge in [-0.1, -0.05) is 69.4 Å². The minimum Gasteiger partial charge on any atom is -0.103 e. The molecule has 0 radical (unpaired) electrons. The van der Waals surface area contributed by atoms with E-state index in [0.29, 0.717) is 0 Å². The molecule has 0 aliphatic carbocycles. The van der Waals surface area contributed by atoms with E-state index in [1.807, 2.05) is 6.08 Å². The van der Waals surface area contributed by atoms with Gasteiger partial charge in [-0.15, -0.1) is 6.58 Å². The zero-order chi connectivity index (χ0) is 12.6. The maximum atomic E-state index is 3.74. The Balaban J connectivity index is 3.09. The van der Waals surface area contributed by atoms with Crippen LogP contribution in [-0.4, -0.2) is 0 Å². The molecule has 0 atom stereocenters. The smallest absolute Gasteiger partial charge is 0.0348 e. The average molecular weight is 234 g/mol. The Bertz CT molecular complexity index is 198. The van der Waals surface area contributed by atoms with Gasteiger partial charge in [0.25, 0.3) is 0 Å². The second-order valence-electron chi connectivity index (χ2n) is 4.63. The van der Waals surface area contributed by atoms with Crippen LogP contribution >= 0.6 is 0 Å². The van der Waals surface area contributed by atoms with Crippen LogP contribution in [-0.2, 0) is 0 Å². The molecule has 0 aliphatic heterocycles. The number of hydrogen-bond acceptors (Lipinski definition) is 0. The van der Waals surface area contributed by atoms with Gasteiger partial charge in [-0.05, 0) is 32.1 Å². The van der Waals surface area contributed by atoms with Crippen molar-refractivity contribution in [2.45, 2.75) is 71.1 Å². The van der Waals surface area contributed by atoms with Crippen molar-refractivity contribution >= 4 is 0 Å². The van der Waals surface area contributed by atoms with Gasteiger partial charge < -0.3 is 0 Å². The molecule has 0 saturated carbocycles. The predicted octanol–water partition coefficient (Wildman–Crippen LogP) is 6.21. The maximum absolute atomic E-state index is 3.74. The van der Waals surface area contributed by atoms with Crippen molar-refractivity contribution in [2.75, 3.05) is 0 Å². The highest BCUT2D eigenvalue weighted by atomic mass is 14.0. The Kier molecular flexibility index (Phi) is 14.5. The van der Waals surface area contributed by atoms with Gasteiger partial charge in [-0.3, -0.25) is 0 Å². The van der Waals surface area contributed by atoms with E-state index in [2.05, 4.69) is 37.8 Å². The summed E-state index contributed by atoms with van der Waals surface area (Å²) in [6.07, 6.45) is 24.0. The van der Waals surface area contributed by atoms with Crippen LogP contribution in [0.4, 0.5) is 0 Å². The first-order chi connectivity index (χ1) is 8.41. The summed E-state index contributed by atoms with van der Waals surface area (Å²) >= 11 is 0. The van der Waals surface area contributed by atoms with Crippen molar-refractivity contribution in [3.8, 4) is 0 Å². The standard InChI is InChI=1S/C17H30/c1-3-5-7-9-11-13-15-17-16-14-12-10-8-6-4-2/h3,8,10,12,14H,1,4-7,9,11,13,15-17H2,2H3/b10-8-,14-12+. The Morgan fingerprint density at radius 2 is 1.24 bits per heavy atom. The Labute approximate surface area is 109 Å². The summed E-state index contributed by atoms with van der Waals surface area (Å²) in [7, 11) is 0. The summed E-state index contributed by atoms with van der Waals surface area (Å²) in [5.41, 5.74) is 0. The Hall–Kier alpha value is -0.780. The van der Waals surface area contributed by atoms with Crippen LogP contribution in [0.25, 0.3) is 0 Å². The van der Waals surface area contributed by atoms with Gasteiger partial charge in [0.2, 0.25) is 0 Å². The van der Waals surface area contributed by atoms with Gasteiger partial charge in [-0.25, -0.2) is 0 Å². The van der Waals surface area contributed by atoms with E-state index in [4.69, 9.17) is 0 Å². The lowest BCUT2D eigenvalue weighted by Crippen LogP contribution is -1.79. The summed E-state index contributed by atoms with van der Waals surface area (Å²) in [5.74, 6) is 0. The molecule has 0 aromatic heterocycles. The summed E-state index contributed by atoms with van der Waals surface area (Å²) in [4.78, 5) is 0. The minimum atomic E-state index is 1.19. The predicted molar refractivity (Wildman–Crippen MR) is 80.3 cm³/mol. The van der Waals surface area contributed by atoms with E-state index in [9.17, 15) is 0 Å². The summed E-state index contributed by atoms with van der Waals surface area (Å²) in [5, 5.41) is 0. The normalized spacial score (nSPS) is 11.6. The summed E-state index contributed by atoms with van der Waals surface area (Å²) < 4.78 is 0. The topological polar surface area (TPSA) is 0 Å². The lowest BCUT2D eigenvalue weighted by atomic mass is 10.1. The van der Waals surface area contributed by atoms with E-state index in [1.165, 1.54) is 64.2 Å². The van der Waals surface area contributed by atoms with Crippen LogP contribution in [0.2, 0.25) is 0 Å². The molecule has 0 aliphatic rings. The molecule has 0 spiro atoms. The van der Waals surface area contributed by atoms with E-state index >= 15 is 0 Å². The fraction of sp³-hybridized carbons (Fsp3) is 0.647. The lowest BCUT2D eigenvalue weighted by Gasteiger charge is -1.98. The third-order valence-corrected chi connectivity index (χ3v) is 2.87. The zero-order valence-electron chi connectivity index (χ0n) is 11.7. The van der Waals surface area contributed by atoms with Gasteiger partial charge >= 0.3 is 0 Å². The molecule has 0 rings (SSSR count). The molecule has 0 unspecified atom stereocenters. The molecule has 0 bridgehead atoms. The maximum Gasteiger partial charge on any atom is -0.0348 e. The van der Waals surface area contributed by atoms with Crippen LogP contribution in [0.15, 0.2) is 37.0 Å². The van der Waals surface area contributed by atoms with Crippen LogP contribution in [0.1, 0.15) is 71.1 Å². The van der Waals surface area contributed by atoms with Crippen molar-refractivity contribution < 1.29 is 0 Å². The SMILES string of the molecule is C=CCCCCCCCC/C=C/C=C\CCC. The van der Waals surface area contributed by atoms with Crippen LogP contribution < -0.4 is 0 Å². The molecule has 17 heavy (non-hydrogen) atoms. The van der Waals surface area contributed by atoms with E-state index in [0.717, 1.165) is 0 Å². The average Bonchev–Trinajstić information content (AvgIpc) is 2.35. The largest absolute Gasteiger partial charge is 0.103 e. The minimum absolute atomic E-state index is 1.19. The van der Waals surface area contributed by atoms with Crippen molar-refractivity contribution in [1.29, 1.82) is 0 Å². The second kappa shape index (κ2) is 15.2. The van der Waals surface area contributed by atoms with Crippen molar-refractivity contribution in [3.05, 3.63) is 37.0 Å². The van der Waals surface area contributed by atoms with Crippen LogP contribution in [0.5, 0.6) is 0 Å².